The number of allylic oxidation sites excluding steroid dienone is 1. The molecule has 20 N–H and O–H groups in total. The van der Waals surface area contributed by atoms with E-state index in [1.165, 1.54) is 6.92 Å². The second-order valence-electron chi connectivity index (χ2n) is 28.5. The molecule has 97 heavy (non-hydrogen) atoms. The van der Waals surface area contributed by atoms with Crippen molar-refractivity contribution in [1.82, 2.24) is 0 Å². The molecule has 10 aliphatic rings. The Morgan fingerprint density at radius 1 is 0.526 bits per heavy atom. The molecule has 558 valence electrons. The highest BCUT2D eigenvalue weighted by molar-refractivity contribution is 5.81. The fourth-order valence-corrected chi connectivity index (χ4v) is 16.8. The molecule has 35 heteroatoms. The summed E-state index contributed by atoms with van der Waals surface area (Å²) in [5, 5.41) is 216. The molecule has 3 saturated carbocycles. The van der Waals surface area contributed by atoms with Gasteiger partial charge < -0.3 is 164 Å². The minimum absolute atomic E-state index is 0.00271. The molecule has 0 bridgehead atoms. The van der Waals surface area contributed by atoms with Gasteiger partial charge in [-0.15, -0.1) is 0 Å². The molecule has 6 aliphatic heterocycles. The number of ether oxygens (including phenoxy) is 13. The first-order chi connectivity index (χ1) is 45.9. The molecule has 4 aliphatic carbocycles. The number of fused-ring (bicyclic) bond motifs is 5. The molecule has 0 aromatic heterocycles. The van der Waals surface area contributed by atoms with Crippen molar-refractivity contribution in [1.29, 1.82) is 0 Å². The van der Waals surface area contributed by atoms with Gasteiger partial charge in [0, 0.05) is 6.42 Å². The number of Topliss-reactive ketones (excluding diaryl/α,β-unsaturated/α-hetero) is 1. The zero-order chi connectivity index (χ0) is 70.6. The predicted molar refractivity (Wildman–Crippen MR) is 314 cm³/mol. The van der Waals surface area contributed by atoms with Crippen LogP contribution in [0.25, 0.3) is 0 Å². The first-order valence-electron chi connectivity index (χ1n) is 33.4. The van der Waals surface area contributed by atoms with Crippen molar-refractivity contribution in [2.45, 2.75) is 276 Å². The lowest BCUT2D eigenvalue weighted by Gasteiger charge is -2.58. The molecular formula is C62H100O35. The molecule has 6 saturated heterocycles. The van der Waals surface area contributed by atoms with Crippen molar-refractivity contribution in [3.63, 3.8) is 0 Å². The van der Waals surface area contributed by atoms with E-state index in [-0.39, 0.29) is 55.3 Å². The van der Waals surface area contributed by atoms with Gasteiger partial charge in [0.2, 0.25) is 0 Å². The standard InChI is InChI=1S/C62H100O35/c1-21(19-85-55-47(81)43(77)39(73)31(14-63)89-55)5-8-36(71)87-30-12-26-24-7-6-23-11-29(27(69)13-62(23,4)25(24)9-10-61(26,3)37(30)22(2)68)88-57-49(83)45(79)51(35(18-67)93-57)94-60-54(53(42(76)34(17-66)92-60)96-56-46(80)38(72)28(70)20-86-56)97-59-50(84)52(41(75)33(16-65)91-59)95-58-48(82)44(78)40(74)32(15-64)90-58/h6,21,24-35,37-60,63-67,69-70,72-84H,5,7-20H2,1-4H3/t21-,24-,25+,26+,27-,28-,29-,30+,31-,32-,33-,34-,35-,37+,38+,39-,40-,41-,42-,43+,44+,45-,46-,47-,48-,49-,50-,51+,52+,53+,54-,55-,56+,57-,58+,59+,60+,61+,62+/m1/s1. The third-order valence-electron chi connectivity index (χ3n) is 22.3. The Labute approximate surface area is 557 Å². The highest BCUT2D eigenvalue weighted by Crippen LogP contribution is 2.67. The van der Waals surface area contributed by atoms with Gasteiger partial charge in [0.1, 0.15) is 152 Å². The number of aliphatic hydroxyl groups excluding tert-OH is 20. The van der Waals surface area contributed by atoms with Crippen molar-refractivity contribution < 1.29 is 173 Å². The van der Waals surface area contributed by atoms with E-state index in [2.05, 4.69) is 19.9 Å². The van der Waals surface area contributed by atoms with Crippen LogP contribution < -0.4 is 0 Å². The molecule has 0 aromatic carbocycles. The maximum Gasteiger partial charge on any atom is 0.306 e. The Kier molecular flexibility index (Phi) is 25.4. The minimum Gasteiger partial charge on any atom is -0.462 e. The van der Waals surface area contributed by atoms with Crippen LogP contribution >= 0.6 is 0 Å². The smallest absolute Gasteiger partial charge is 0.306 e. The number of hydrogen-bond donors (Lipinski definition) is 20. The average Bonchev–Trinajstić information content (AvgIpc) is 1.65. The van der Waals surface area contributed by atoms with E-state index in [0.717, 1.165) is 5.57 Å². The average molecular weight is 1410 g/mol. The summed E-state index contributed by atoms with van der Waals surface area (Å²) in [6.07, 6.45) is -51.7. The van der Waals surface area contributed by atoms with Gasteiger partial charge in [-0.25, -0.2) is 0 Å². The minimum atomic E-state index is -2.25. The van der Waals surface area contributed by atoms with Crippen molar-refractivity contribution in [2.75, 3.05) is 46.2 Å². The molecule has 39 atom stereocenters. The Morgan fingerprint density at radius 3 is 1.65 bits per heavy atom. The van der Waals surface area contributed by atoms with E-state index >= 15 is 0 Å². The lowest BCUT2D eigenvalue weighted by molar-refractivity contribution is -0.409. The van der Waals surface area contributed by atoms with Gasteiger partial charge in [-0.05, 0) is 86.4 Å². The van der Waals surface area contributed by atoms with Crippen LogP contribution in [-0.2, 0) is 71.2 Å². The fourth-order valence-electron chi connectivity index (χ4n) is 16.8. The molecule has 10 rings (SSSR count). The monoisotopic (exact) mass is 1400 g/mol. The Hall–Kier alpha value is -2.40. The quantitative estimate of drug-likeness (QED) is 0.0334. The molecule has 0 spiro atoms. The summed E-state index contributed by atoms with van der Waals surface area (Å²) in [7, 11) is 0. The second-order valence-corrected chi connectivity index (χ2v) is 28.5. The number of ketones is 1. The highest BCUT2D eigenvalue weighted by atomic mass is 16.8. The summed E-state index contributed by atoms with van der Waals surface area (Å²) in [5.41, 5.74) is -0.195. The summed E-state index contributed by atoms with van der Waals surface area (Å²) >= 11 is 0. The van der Waals surface area contributed by atoms with Gasteiger partial charge in [-0.1, -0.05) is 32.4 Å². The van der Waals surface area contributed by atoms with Crippen molar-refractivity contribution in [3.05, 3.63) is 11.6 Å². The van der Waals surface area contributed by atoms with E-state index in [9.17, 15) is 112 Å². The normalized spacial score (nSPS) is 51.3. The third-order valence-corrected chi connectivity index (χ3v) is 22.3. The molecular weight excluding hydrogens is 1300 g/mol. The van der Waals surface area contributed by atoms with Crippen molar-refractivity contribution in [2.24, 2.45) is 40.4 Å². The van der Waals surface area contributed by atoms with E-state index in [1.54, 1.807) is 6.92 Å². The third kappa shape index (κ3) is 15.3. The van der Waals surface area contributed by atoms with Gasteiger partial charge in [0.25, 0.3) is 0 Å². The van der Waals surface area contributed by atoms with Gasteiger partial charge in [-0.2, -0.15) is 0 Å². The molecule has 0 radical (unpaired) electrons. The molecule has 9 fully saturated rings. The largest absolute Gasteiger partial charge is 0.462 e. The summed E-state index contributed by atoms with van der Waals surface area (Å²) < 4.78 is 76.6. The SMILES string of the molecule is CC(=O)[C@H]1[C@@H](OC(=O)CC[C@@H](C)CO[C@@H]2O[C@H](CO)[C@@H](O)[C@H](O)[C@H]2O)C[C@H]2[C@@H]3CC=C4C[C@@H](O[C@@H]5O[C@H](CO)[C@H](O[C@@H]6O[C@H](CO)[C@@H](O)[C@H](O[C@@H]7OC[C@@H](O)[C@H](O)[C@H]7O)[C@H]6O[C@@H]6O[C@H](CO)[C@@H](O)[C@H](O[C@@H]7O[C@H](CO)[C@@H](O)[C@H](O)[C@H]7O)[C@H]6O)[C@H](O)[C@H]5O)[C@H](O)C[C@]4(C)[C@H]3CC[C@@]21C. The van der Waals surface area contributed by atoms with E-state index in [0.29, 0.717) is 32.1 Å². The van der Waals surface area contributed by atoms with Crippen LogP contribution in [0.3, 0.4) is 0 Å². The highest BCUT2D eigenvalue weighted by Gasteiger charge is 2.65. The number of rotatable bonds is 23. The van der Waals surface area contributed by atoms with Gasteiger partial charge in [0.15, 0.2) is 37.7 Å². The Balaban J connectivity index is 0.812. The molecule has 6 heterocycles. The van der Waals surface area contributed by atoms with E-state index in [1.807, 2.05) is 0 Å². The van der Waals surface area contributed by atoms with E-state index < -0.39 is 259 Å². The van der Waals surface area contributed by atoms with Crippen LogP contribution in [0.2, 0.25) is 0 Å². The summed E-state index contributed by atoms with van der Waals surface area (Å²) in [4.78, 5) is 27.2. The molecule has 35 nitrogen and oxygen atoms in total. The first-order valence-corrected chi connectivity index (χ1v) is 33.4. The van der Waals surface area contributed by atoms with Crippen LogP contribution in [0.1, 0.15) is 79.1 Å². The van der Waals surface area contributed by atoms with Crippen LogP contribution in [0.5, 0.6) is 0 Å². The molecule has 0 amide bonds. The first kappa shape index (κ1) is 77.2. The zero-order valence-electron chi connectivity index (χ0n) is 54.1. The second kappa shape index (κ2) is 31.9. The summed E-state index contributed by atoms with van der Waals surface area (Å²) in [5.74, 6) is -1.54. The summed E-state index contributed by atoms with van der Waals surface area (Å²) in [6, 6.07) is 0. The fraction of sp³-hybridized carbons (Fsp3) is 0.935. The Morgan fingerprint density at radius 2 is 1.03 bits per heavy atom. The van der Waals surface area contributed by atoms with Gasteiger partial charge in [-0.3, -0.25) is 9.59 Å². The van der Waals surface area contributed by atoms with Crippen molar-refractivity contribution in [3.8, 4) is 0 Å². The number of carbonyl (C=O) groups is 2. The van der Waals surface area contributed by atoms with Crippen LogP contribution in [-0.4, -0.2) is 357 Å². The lowest BCUT2D eigenvalue weighted by Crippen LogP contribution is -2.69. The number of aliphatic hydroxyl groups is 20. The van der Waals surface area contributed by atoms with E-state index in [4.69, 9.17) is 61.6 Å². The van der Waals surface area contributed by atoms with Crippen LogP contribution in [0.15, 0.2) is 11.6 Å². The summed E-state index contributed by atoms with van der Waals surface area (Å²) in [6.45, 7) is 2.27. The van der Waals surface area contributed by atoms with Crippen molar-refractivity contribution >= 4 is 11.8 Å². The lowest BCUT2D eigenvalue weighted by atomic mass is 9.47. The van der Waals surface area contributed by atoms with Crippen LogP contribution in [0.4, 0.5) is 0 Å². The van der Waals surface area contributed by atoms with Gasteiger partial charge >= 0.3 is 5.97 Å². The van der Waals surface area contributed by atoms with Crippen LogP contribution in [0, 0.1) is 40.4 Å². The number of hydrogen-bond acceptors (Lipinski definition) is 35. The maximum atomic E-state index is 13.6. The number of carbonyl (C=O) groups excluding carboxylic acids is 2. The topological polar surface area (TPSA) is 559 Å². The Bertz CT molecular complexity index is 2610. The molecule has 0 aromatic rings. The zero-order valence-corrected chi connectivity index (χ0v) is 54.1. The van der Waals surface area contributed by atoms with Gasteiger partial charge in [0.05, 0.1) is 64.4 Å². The maximum absolute atomic E-state index is 13.6. The number of esters is 1. The molecule has 0 unspecified atom stereocenters. The predicted octanol–water partition coefficient (Wildman–Crippen LogP) is -9.00.